The van der Waals surface area contributed by atoms with E-state index in [0.717, 1.165) is 5.69 Å². The monoisotopic (exact) mass is 316 g/mol. The van der Waals surface area contributed by atoms with Crippen molar-refractivity contribution < 1.29 is 14.7 Å². The van der Waals surface area contributed by atoms with Crippen molar-refractivity contribution in [1.29, 1.82) is 0 Å². The summed E-state index contributed by atoms with van der Waals surface area (Å²) in [6.07, 6.45) is 2.52. The highest BCUT2D eigenvalue weighted by Gasteiger charge is 2.33. The summed E-state index contributed by atoms with van der Waals surface area (Å²) in [5.74, 6) is -1.43. The van der Waals surface area contributed by atoms with Crippen molar-refractivity contribution >= 4 is 11.9 Å². The molecular weight excluding hydrogens is 296 g/mol. The molecule has 2 rings (SSSR count). The summed E-state index contributed by atoms with van der Waals surface area (Å²) in [4.78, 5) is 24.9. The van der Waals surface area contributed by atoms with E-state index in [1.807, 2.05) is 37.3 Å². The van der Waals surface area contributed by atoms with Gasteiger partial charge in [0.05, 0.1) is 24.0 Å². The van der Waals surface area contributed by atoms with Gasteiger partial charge in [-0.1, -0.05) is 31.5 Å². The third kappa shape index (κ3) is 4.15. The largest absolute Gasteiger partial charge is 0.480 e. The molecule has 23 heavy (non-hydrogen) atoms. The van der Waals surface area contributed by atoms with Crippen LogP contribution in [0.5, 0.6) is 0 Å². The lowest BCUT2D eigenvalue weighted by molar-refractivity contribution is -0.147. The first-order chi connectivity index (χ1) is 10.9. The molecule has 1 heterocycles. The fourth-order valence-electron chi connectivity index (χ4n) is 2.30. The van der Waals surface area contributed by atoms with Crippen LogP contribution in [0.15, 0.2) is 36.5 Å². The van der Waals surface area contributed by atoms with Crippen molar-refractivity contribution in [1.82, 2.24) is 20.3 Å². The second-order valence-corrected chi connectivity index (χ2v) is 5.57. The smallest absolute Gasteiger partial charge is 0.329 e. The molecule has 0 fully saturated rings. The third-order valence-electron chi connectivity index (χ3n) is 3.51. The summed E-state index contributed by atoms with van der Waals surface area (Å²) >= 11 is 0. The van der Waals surface area contributed by atoms with Gasteiger partial charge in [-0.05, 0) is 25.5 Å². The molecule has 0 saturated heterocycles. The molecule has 0 unspecified atom stereocenters. The van der Waals surface area contributed by atoms with Gasteiger partial charge in [0.1, 0.15) is 5.54 Å². The number of aliphatic carboxylic acids is 1. The second kappa shape index (κ2) is 7.04. The van der Waals surface area contributed by atoms with E-state index < -0.39 is 11.5 Å². The van der Waals surface area contributed by atoms with Gasteiger partial charge >= 0.3 is 5.97 Å². The van der Waals surface area contributed by atoms with Crippen molar-refractivity contribution in [2.45, 2.75) is 38.6 Å². The van der Waals surface area contributed by atoms with Crippen LogP contribution in [0.4, 0.5) is 0 Å². The second-order valence-electron chi connectivity index (χ2n) is 5.57. The van der Waals surface area contributed by atoms with Crippen LogP contribution in [0.2, 0.25) is 0 Å². The van der Waals surface area contributed by atoms with E-state index in [2.05, 4.69) is 15.5 Å². The van der Waals surface area contributed by atoms with Crippen LogP contribution < -0.4 is 5.32 Å². The zero-order valence-electron chi connectivity index (χ0n) is 13.2. The molecule has 0 bridgehead atoms. The third-order valence-corrected chi connectivity index (χ3v) is 3.51. The molecule has 1 aromatic carbocycles. The Hall–Kier alpha value is -2.70. The Labute approximate surface area is 134 Å². The summed E-state index contributed by atoms with van der Waals surface area (Å²) in [7, 11) is 0. The van der Waals surface area contributed by atoms with Crippen LogP contribution in [0, 0.1) is 0 Å². The topological polar surface area (TPSA) is 97.1 Å². The van der Waals surface area contributed by atoms with Crippen molar-refractivity contribution in [2.24, 2.45) is 0 Å². The Balaban J connectivity index is 2.04. The average molecular weight is 316 g/mol. The predicted octanol–water partition coefficient (Wildman–Crippen LogP) is 1.57. The molecule has 1 atom stereocenters. The molecule has 0 aliphatic heterocycles. The molecule has 7 heteroatoms. The Bertz CT molecular complexity index is 684. The van der Waals surface area contributed by atoms with E-state index >= 15 is 0 Å². The number of carbonyl (C=O) groups is 2. The van der Waals surface area contributed by atoms with E-state index in [4.69, 9.17) is 0 Å². The van der Waals surface area contributed by atoms with Gasteiger partial charge in [-0.25, -0.2) is 4.79 Å². The van der Waals surface area contributed by atoms with Gasteiger partial charge in [-0.3, -0.25) is 4.79 Å². The van der Waals surface area contributed by atoms with Gasteiger partial charge in [-0.15, -0.1) is 0 Å². The van der Waals surface area contributed by atoms with Gasteiger partial charge in [0, 0.05) is 0 Å². The van der Waals surface area contributed by atoms with E-state index in [1.165, 1.54) is 17.9 Å². The molecule has 1 amide bonds. The zero-order valence-corrected chi connectivity index (χ0v) is 13.2. The minimum absolute atomic E-state index is 0.0145. The van der Waals surface area contributed by atoms with Gasteiger partial charge in [-0.2, -0.15) is 15.0 Å². The molecule has 7 nitrogen and oxygen atoms in total. The molecule has 0 saturated carbocycles. The van der Waals surface area contributed by atoms with Crippen molar-refractivity contribution in [3.63, 3.8) is 0 Å². The van der Waals surface area contributed by atoms with Gasteiger partial charge in [0.15, 0.2) is 0 Å². The maximum Gasteiger partial charge on any atom is 0.329 e. The fourth-order valence-corrected chi connectivity index (χ4v) is 2.30. The summed E-state index contributed by atoms with van der Waals surface area (Å²) in [6, 6.07) is 9.34. The number of aromatic nitrogens is 3. The Morgan fingerprint density at radius 3 is 2.61 bits per heavy atom. The number of para-hydroxylation sites is 1. The lowest BCUT2D eigenvalue weighted by Crippen LogP contribution is -2.52. The number of hydrogen-bond donors (Lipinski definition) is 2. The standard InChI is InChI=1S/C16H20N4O3/c1-3-9-16(2,15(22)23)18-14(21)10-12-11-17-20(19-12)13-7-5-4-6-8-13/h4-8,11H,3,9-10H2,1-2H3,(H,18,21)(H,22,23)/t16-/m1/s1. The molecule has 0 aliphatic carbocycles. The van der Waals surface area contributed by atoms with Crippen LogP contribution in [-0.4, -0.2) is 37.5 Å². The van der Waals surface area contributed by atoms with Crippen LogP contribution >= 0.6 is 0 Å². The number of nitrogens with one attached hydrogen (secondary N) is 1. The average Bonchev–Trinajstić information content (AvgIpc) is 2.96. The Kier molecular flexibility index (Phi) is 5.10. The summed E-state index contributed by atoms with van der Waals surface area (Å²) in [5, 5.41) is 20.2. The first-order valence-electron chi connectivity index (χ1n) is 7.45. The van der Waals surface area contributed by atoms with Crippen LogP contribution in [0.25, 0.3) is 5.69 Å². The lowest BCUT2D eigenvalue weighted by atomic mass is 9.96. The minimum atomic E-state index is -1.26. The van der Waals surface area contributed by atoms with Gasteiger partial charge in [0.2, 0.25) is 5.91 Å². The van der Waals surface area contributed by atoms with E-state index in [1.54, 1.807) is 0 Å². The van der Waals surface area contributed by atoms with E-state index in [-0.39, 0.29) is 12.3 Å². The van der Waals surface area contributed by atoms with E-state index in [9.17, 15) is 14.7 Å². The number of benzene rings is 1. The van der Waals surface area contributed by atoms with E-state index in [0.29, 0.717) is 18.5 Å². The number of carboxylic acids is 1. The molecule has 0 aliphatic rings. The zero-order chi connectivity index (χ0) is 16.9. The van der Waals surface area contributed by atoms with Gasteiger partial charge < -0.3 is 10.4 Å². The SMILES string of the molecule is CCC[C@@](C)(NC(=O)Cc1cnn(-c2ccccc2)n1)C(=O)O. The molecule has 0 spiro atoms. The number of amides is 1. The number of hydrogen-bond acceptors (Lipinski definition) is 4. The Morgan fingerprint density at radius 2 is 2.00 bits per heavy atom. The van der Waals surface area contributed by atoms with Crippen LogP contribution in [0.3, 0.4) is 0 Å². The van der Waals surface area contributed by atoms with Crippen molar-refractivity contribution in [2.75, 3.05) is 0 Å². The maximum absolute atomic E-state index is 12.1. The fraction of sp³-hybridized carbons (Fsp3) is 0.375. The minimum Gasteiger partial charge on any atom is -0.480 e. The molecule has 2 aromatic rings. The number of nitrogens with zero attached hydrogens (tertiary/aromatic N) is 3. The quantitative estimate of drug-likeness (QED) is 0.808. The lowest BCUT2D eigenvalue weighted by Gasteiger charge is -2.25. The normalized spacial score (nSPS) is 13.3. The first-order valence-corrected chi connectivity index (χ1v) is 7.45. The van der Waals surface area contributed by atoms with Crippen molar-refractivity contribution in [3.8, 4) is 5.69 Å². The summed E-state index contributed by atoms with van der Waals surface area (Å²) in [6.45, 7) is 3.39. The van der Waals surface area contributed by atoms with Crippen LogP contribution in [0.1, 0.15) is 32.4 Å². The highest BCUT2D eigenvalue weighted by Crippen LogP contribution is 2.13. The molecule has 122 valence electrons. The molecular formula is C16H20N4O3. The molecule has 0 radical (unpaired) electrons. The maximum atomic E-state index is 12.1. The van der Waals surface area contributed by atoms with Gasteiger partial charge in [0.25, 0.3) is 0 Å². The molecule has 2 N–H and O–H groups in total. The van der Waals surface area contributed by atoms with Crippen molar-refractivity contribution in [3.05, 3.63) is 42.2 Å². The van der Waals surface area contributed by atoms with Crippen LogP contribution in [-0.2, 0) is 16.0 Å². The number of carbonyl (C=O) groups excluding carboxylic acids is 1. The number of rotatable bonds is 7. The highest BCUT2D eigenvalue weighted by atomic mass is 16.4. The first kappa shape index (κ1) is 16.7. The predicted molar refractivity (Wildman–Crippen MR) is 84.2 cm³/mol. The highest BCUT2D eigenvalue weighted by molar-refractivity contribution is 5.87. The Morgan fingerprint density at radius 1 is 1.30 bits per heavy atom. The molecule has 1 aromatic heterocycles. The number of carboxylic acid groups (broad SMARTS) is 1. The summed E-state index contributed by atoms with van der Waals surface area (Å²) in [5.41, 5.74) is 0.0115. The summed E-state index contributed by atoms with van der Waals surface area (Å²) < 4.78 is 0.